The average Bonchev–Trinajstić information content (AvgIpc) is 2.95. The molecule has 0 aliphatic heterocycles. The number of carboxylic acids is 1. The van der Waals surface area contributed by atoms with Crippen molar-refractivity contribution in [1.82, 2.24) is 5.32 Å². The number of carbonyl (C=O) groups is 2. The molecule has 0 saturated heterocycles. The number of para-hydroxylation sites is 1. The molecular weight excluding hydrogens is 547 g/mol. The Morgan fingerprint density at radius 2 is 1.54 bits per heavy atom. The maximum Gasteiger partial charge on any atom is 1.00 e. The van der Waals surface area contributed by atoms with Crippen LogP contribution in [0.15, 0.2) is 97.1 Å². The maximum atomic E-state index is 13.4. The minimum atomic E-state index is -1.28. The van der Waals surface area contributed by atoms with E-state index in [-0.39, 0.29) is 18.9 Å². The van der Waals surface area contributed by atoms with E-state index in [1.54, 1.807) is 6.07 Å². The fourth-order valence-electron chi connectivity index (χ4n) is 4.66. The van der Waals surface area contributed by atoms with Crippen molar-refractivity contribution in [2.45, 2.75) is 32.5 Å². The van der Waals surface area contributed by atoms with Gasteiger partial charge < -0.3 is 20.1 Å². The Morgan fingerprint density at radius 1 is 0.878 bits per heavy atom. The van der Waals surface area contributed by atoms with Crippen LogP contribution in [0.25, 0.3) is 11.1 Å². The normalized spacial score (nSPS) is 11.3. The van der Waals surface area contributed by atoms with Gasteiger partial charge in [-0.15, -0.1) is 0 Å². The number of anilines is 1. The summed E-state index contributed by atoms with van der Waals surface area (Å²) in [4.78, 5) is 27.4. The molecule has 1 amide bonds. The van der Waals surface area contributed by atoms with E-state index >= 15 is 0 Å². The number of halogens is 1. The van der Waals surface area contributed by atoms with Crippen LogP contribution in [0.4, 0.5) is 5.69 Å². The van der Waals surface area contributed by atoms with Crippen molar-refractivity contribution in [3.63, 3.8) is 0 Å². The molecule has 0 spiro atoms. The third-order valence-electron chi connectivity index (χ3n) is 6.75. The van der Waals surface area contributed by atoms with Gasteiger partial charge >= 0.3 is 18.9 Å². The zero-order chi connectivity index (χ0) is 28.5. The number of aryl methyl sites for hydroxylation is 1. The zero-order valence-electron chi connectivity index (χ0n) is 23.6. The van der Waals surface area contributed by atoms with E-state index in [4.69, 9.17) is 11.6 Å². The molecule has 0 aromatic heterocycles. The van der Waals surface area contributed by atoms with Crippen LogP contribution in [-0.2, 0) is 17.9 Å². The summed E-state index contributed by atoms with van der Waals surface area (Å²) in [5, 5.41) is 15.1. The Kier molecular flexibility index (Phi) is 12.4. The van der Waals surface area contributed by atoms with Crippen molar-refractivity contribution >= 4 is 40.9 Å². The fourth-order valence-corrected chi connectivity index (χ4v) is 5.39. The Labute approximate surface area is 263 Å². The van der Waals surface area contributed by atoms with Crippen LogP contribution >= 0.6 is 23.4 Å². The SMILES string of the molecule is CSCC[C@H](NC(=O)c1ccc(CN(Cc2ccccc2)c2ccccc2Cl)cc1-c1ccccc1C)C(=O)[O-].[Li+]. The molecule has 0 saturated carbocycles. The van der Waals surface area contributed by atoms with Gasteiger partial charge in [-0.2, -0.15) is 11.8 Å². The summed E-state index contributed by atoms with van der Waals surface area (Å²) in [7, 11) is 0. The van der Waals surface area contributed by atoms with E-state index in [2.05, 4.69) is 22.3 Å². The van der Waals surface area contributed by atoms with Crippen LogP contribution < -0.4 is 34.2 Å². The predicted molar refractivity (Wildman–Crippen MR) is 164 cm³/mol. The van der Waals surface area contributed by atoms with E-state index in [1.165, 1.54) is 11.8 Å². The molecule has 0 aliphatic rings. The van der Waals surface area contributed by atoms with Gasteiger partial charge in [0.2, 0.25) is 0 Å². The molecule has 4 aromatic rings. The molecule has 1 N–H and O–H groups in total. The standard InChI is InChI=1S/C33H33ClN2O3S.Li/c1-23-10-6-7-13-26(23)28-20-25(16-17-27(28)32(37)35-30(33(38)39)18-19-40-2)22-36(21-24-11-4-3-5-12-24)31-15-9-8-14-29(31)34;/h3-17,20,30H,18-19,21-22H2,1-2H3,(H,35,37)(H,38,39);/q;+1/p-1/t30-;/m0./s1. The van der Waals surface area contributed by atoms with Gasteiger partial charge in [0, 0.05) is 18.7 Å². The molecule has 4 aromatic carbocycles. The molecule has 5 nitrogen and oxygen atoms in total. The first-order valence-corrected chi connectivity index (χ1v) is 14.9. The number of amides is 1. The molecule has 0 bridgehead atoms. The van der Waals surface area contributed by atoms with Gasteiger partial charge in [0.1, 0.15) is 0 Å². The largest absolute Gasteiger partial charge is 1.00 e. The van der Waals surface area contributed by atoms with Gasteiger partial charge in [-0.25, -0.2) is 0 Å². The van der Waals surface area contributed by atoms with Crippen LogP contribution in [0.2, 0.25) is 5.02 Å². The number of nitrogens with one attached hydrogen (secondary N) is 1. The van der Waals surface area contributed by atoms with Crippen molar-refractivity contribution < 1.29 is 33.6 Å². The van der Waals surface area contributed by atoms with Gasteiger partial charge in [-0.1, -0.05) is 84.4 Å². The molecule has 41 heavy (non-hydrogen) atoms. The zero-order valence-corrected chi connectivity index (χ0v) is 25.2. The van der Waals surface area contributed by atoms with E-state index in [0.717, 1.165) is 33.5 Å². The van der Waals surface area contributed by atoms with Gasteiger partial charge in [0.25, 0.3) is 5.91 Å². The van der Waals surface area contributed by atoms with Crippen LogP contribution in [0.5, 0.6) is 0 Å². The summed E-state index contributed by atoms with van der Waals surface area (Å²) >= 11 is 8.15. The Hall–Kier alpha value is -3.14. The summed E-state index contributed by atoms with van der Waals surface area (Å²) in [5.74, 6) is -1.12. The number of nitrogens with zero attached hydrogens (tertiary/aromatic N) is 1. The molecule has 8 heteroatoms. The van der Waals surface area contributed by atoms with Crippen LogP contribution in [-0.4, -0.2) is 29.9 Å². The summed E-state index contributed by atoms with van der Waals surface area (Å²) in [6, 6.07) is 30.5. The predicted octanol–water partition coefficient (Wildman–Crippen LogP) is 3.13. The minimum absolute atomic E-state index is 0. The van der Waals surface area contributed by atoms with Crippen molar-refractivity contribution in [3.05, 3.63) is 124 Å². The Morgan fingerprint density at radius 3 is 2.22 bits per heavy atom. The smallest absolute Gasteiger partial charge is 0.548 e. The first-order chi connectivity index (χ1) is 19.4. The van der Waals surface area contributed by atoms with Gasteiger partial charge in [0.05, 0.1) is 22.7 Å². The molecule has 206 valence electrons. The molecular formula is C33H32ClLiN2O3S. The fraction of sp³-hybridized carbons (Fsp3) is 0.212. The molecule has 0 heterocycles. The van der Waals surface area contributed by atoms with Crippen molar-refractivity contribution in [2.24, 2.45) is 0 Å². The third-order valence-corrected chi connectivity index (χ3v) is 7.71. The van der Waals surface area contributed by atoms with Crippen molar-refractivity contribution in [1.29, 1.82) is 0 Å². The third kappa shape index (κ3) is 8.67. The van der Waals surface area contributed by atoms with Crippen LogP contribution in [0.1, 0.15) is 33.5 Å². The second kappa shape index (κ2) is 15.7. The van der Waals surface area contributed by atoms with E-state index in [1.807, 2.05) is 92.0 Å². The molecule has 1 atom stereocenters. The van der Waals surface area contributed by atoms with Gasteiger partial charge in [-0.05, 0) is 77.4 Å². The number of rotatable bonds is 12. The second-order valence-corrected chi connectivity index (χ2v) is 11.0. The number of aliphatic carboxylic acids is 1. The summed E-state index contributed by atoms with van der Waals surface area (Å²) in [5.41, 5.74) is 6.14. The first-order valence-electron chi connectivity index (χ1n) is 13.1. The van der Waals surface area contributed by atoms with Crippen molar-refractivity contribution in [3.8, 4) is 11.1 Å². The molecule has 0 unspecified atom stereocenters. The number of thioether (sulfide) groups is 1. The number of hydrogen-bond donors (Lipinski definition) is 1. The monoisotopic (exact) mass is 578 g/mol. The number of carboxylic acid groups (broad SMARTS) is 1. The van der Waals surface area contributed by atoms with Crippen molar-refractivity contribution in [2.75, 3.05) is 16.9 Å². The number of hydrogen-bond acceptors (Lipinski definition) is 5. The van der Waals surface area contributed by atoms with Crippen LogP contribution in [0.3, 0.4) is 0 Å². The topological polar surface area (TPSA) is 72.5 Å². The maximum absolute atomic E-state index is 13.4. The van der Waals surface area contributed by atoms with Crippen LogP contribution in [0, 0.1) is 6.92 Å². The summed E-state index contributed by atoms with van der Waals surface area (Å²) in [6.07, 6.45) is 2.19. The molecule has 0 fully saturated rings. The minimum Gasteiger partial charge on any atom is -0.548 e. The van der Waals surface area contributed by atoms with Gasteiger partial charge in [-0.3, -0.25) is 4.79 Å². The molecule has 0 radical (unpaired) electrons. The average molecular weight is 579 g/mol. The summed E-state index contributed by atoms with van der Waals surface area (Å²) < 4.78 is 0. The second-order valence-electron chi connectivity index (χ2n) is 9.61. The number of carbonyl (C=O) groups excluding carboxylic acids is 2. The van der Waals surface area contributed by atoms with Gasteiger partial charge in [0.15, 0.2) is 0 Å². The van der Waals surface area contributed by atoms with E-state index in [9.17, 15) is 14.7 Å². The molecule has 4 rings (SSSR count). The Balaban J connectivity index is 0.00000462. The van der Waals surface area contributed by atoms with E-state index in [0.29, 0.717) is 35.8 Å². The molecule has 0 aliphatic carbocycles. The summed E-state index contributed by atoms with van der Waals surface area (Å²) in [6.45, 7) is 3.20. The first kappa shape index (κ1) is 32.4. The van der Waals surface area contributed by atoms with E-state index < -0.39 is 17.9 Å². The Bertz CT molecular complexity index is 1470. The quantitative estimate of drug-likeness (QED) is 0.262. The number of benzene rings is 4.